The number of H-pyrrole nitrogens is 1. The minimum absolute atomic E-state index is 0.0521. The Labute approximate surface area is 223 Å². The van der Waals surface area contributed by atoms with Crippen LogP contribution in [0.5, 0.6) is 17.2 Å². The van der Waals surface area contributed by atoms with Gasteiger partial charge in [0.25, 0.3) is 0 Å². The summed E-state index contributed by atoms with van der Waals surface area (Å²) in [5.41, 5.74) is 3.05. The van der Waals surface area contributed by atoms with E-state index >= 15 is 0 Å². The molecule has 0 radical (unpaired) electrons. The monoisotopic (exact) mass is 549 g/mol. The van der Waals surface area contributed by atoms with Crippen LogP contribution in [0.2, 0.25) is 0 Å². The van der Waals surface area contributed by atoms with E-state index < -0.39 is 6.67 Å². The quantitative estimate of drug-likeness (QED) is 0.113. The van der Waals surface area contributed by atoms with Crippen molar-refractivity contribution in [2.75, 3.05) is 34.2 Å². The van der Waals surface area contributed by atoms with Crippen molar-refractivity contribution in [3.63, 3.8) is 0 Å². The van der Waals surface area contributed by atoms with Crippen molar-refractivity contribution in [1.29, 1.82) is 0 Å². The summed E-state index contributed by atoms with van der Waals surface area (Å²) in [6.07, 6.45) is 2.58. The lowest BCUT2D eigenvalue weighted by atomic mass is 10.1. The molecular weight excluding hydrogens is 515 g/mol. The van der Waals surface area contributed by atoms with Crippen LogP contribution in [0.25, 0.3) is 33.7 Å². The van der Waals surface area contributed by atoms with Crippen molar-refractivity contribution in [3.05, 3.63) is 54.7 Å². The van der Waals surface area contributed by atoms with Gasteiger partial charge in [0.1, 0.15) is 19.6 Å². The van der Waals surface area contributed by atoms with Crippen molar-refractivity contribution in [2.24, 2.45) is 5.92 Å². The van der Waals surface area contributed by atoms with Crippen LogP contribution in [0.15, 0.2) is 54.7 Å². The van der Waals surface area contributed by atoms with E-state index in [1.807, 2.05) is 32.6 Å². The fraction of sp³-hybridized carbons (Fsp3) is 0.296. The molecule has 0 spiro atoms. The SMILES string of the molecule is CC(C)C=O.CF.COc1ccc(-c2ccnc(-c3cc4cc(OO)ccc4[nH]3)n2)cc1OCCF.CP. The molecule has 1 atom stereocenters. The fourth-order valence-electron chi connectivity index (χ4n) is 3.03. The van der Waals surface area contributed by atoms with Crippen molar-refractivity contribution >= 4 is 26.4 Å². The first-order chi connectivity index (χ1) is 18.5. The Morgan fingerprint density at radius 1 is 1.08 bits per heavy atom. The number of carbonyl (C=O) groups is 1. The Morgan fingerprint density at radius 2 is 1.79 bits per heavy atom. The lowest BCUT2D eigenvalue weighted by Gasteiger charge is -2.11. The van der Waals surface area contributed by atoms with E-state index in [-0.39, 0.29) is 12.5 Å². The van der Waals surface area contributed by atoms with Gasteiger partial charge in [-0.15, -0.1) is 9.24 Å². The summed E-state index contributed by atoms with van der Waals surface area (Å²) >= 11 is 0. The number of methoxy groups -OCH3 is 1. The van der Waals surface area contributed by atoms with Crippen molar-refractivity contribution in [3.8, 4) is 40.0 Å². The van der Waals surface area contributed by atoms with Gasteiger partial charge in [0.05, 0.1) is 25.7 Å². The number of aromatic nitrogens is 3. The Balaban J connectivity index is 0.000000709. The number of aldehydes is 1. The topological polar surface area (TPSA) is 107 Å². The Morgan fingerprint density at radius 3 is 2.39 bits per heavy atom. The number of hydrogen-bond acceptors (Lipinski definition) is 7. The molecule has 0 saturated carbocycles. The predicted molar refractivity (Wildman–Crippen MR) is 150 cm³/mol. The average Bonchev–Trinajstić information content (AvgIpc) is 3.42. The normalized spacial score (nSPS) is 9.74. The van der Waals surface area contributed by atoms with Gasteiger partial charge in [0.2, 0.25) is 0 Å². The van der Waals surface area contributed by atoms with Gasteiger partial charge in [-0.05, 0) is 48.5 Å². The van der Waals surface area contributed by atoms with Crippen LogP contribution < -0.4 is 14.4 Å². The summed E-state index contributed by atoms with van der Waals surface area (Å²) in [5.74, 6) is 2.03. The number of carbonyl (C=O) groups excluding carboxylic acids is 1. The molecule has 0 saturated heterocycles. The molecule has 4 aromatic rings. The van der Waals surface area contributed by atoms with E-state index in [4.69, 9.17) is 14.7 Å². The number of benzene rings is 2. The van der Waals surface area contributed by atoms with Gasteiger partial charge in [-0.2, -0.15) is 0 Å². The predicted octanol–water partition coefficient (Wildman–Crippen LogP) is 6.42. The van der Waals surface area contributed by atoms with Gasteiger partial charge in [-0.3, -0.25) is 4.39 Å². The number of rotatable bonds is 8. The molecule has 11 heteroatoms. The molecule has 8 nitrogen and oxygen atoms in total. The first-order valence-electron chi connectivity index (χ1n) is 11.5. The summed E-state index contributed by atoms with van der Waals surface area (Å²) in [5, 5.41) is 9.68. The molecule has 2 heterocycles. The van der Waals surface area contributed by atoms with E-state index in [0.717, 1.165) is 28.4 Å². The minimum atomic E-state index is -0.589. The second kappa shape index (κ2) is 17.8. The first kappa shape index (κ1) is 32.4. The highest BCUT2D eigenvalue weighted by atomic mass is 31.0. The molecule has 0 fully saturated rings. The number of alkyl halides is 2. The molecule has 0 bridgehead atoms. The highest BCUT2D eigenvalue weighted by molar-refractivity contribution is 7.15. The Bertz CT molecular complexity index is 1250. The molecule has 2 aromatic heterocycles. The third kappa shape index (κ3) is 9.36. The third-order valence-electron chi connectivity index (χ3n) is 4.66. The Kier molecular flexibility index (Phi) is 15.2. The summed E-state index contributed by atoms with van der Waals surface area (Å²) in [7, 11) is 4.45. The molecule has 0 aliphatic carbocycles. The first-order valence-corrected chi connectivity index (χ1v) is 12.7. The van der Waals surface area contributed by atoms with Crippen LogP contribution in [-0.2, 0) is 4.79 Å². The van der Waals surface area contributed by atoms with E-state index in [1.165, 1.54) is 7.11 Å². The maximum atomic E-state index is 12.5. The molecule has 0 amide bonds. The minimum Gasteiger partial charge on any atom is -0.493 e. The highest BCUT2D eigenvalue weighted by Gasteiger charge is 2.12. The molecule has 0 aliphatic rings. The molecule has 1 unspecified atom stereocenters. The van der Waals surface area contributed by atoms with E-state index in [1.54, 1.807) is 42.6 Å². The largest absolute Gasteiger partial charge is 0.493 e. The summed E-state index contributed by atoms with van der Waals surface area (Å²) in [6, 6.07) is 14.2. The van der Waals surface area contributed by atoms with Crippen LogP contribution in [0.4, 0.5) is 8.78 Å². The van der Waals surface area contributed by atoms with Crippen molar-refractivity contribution < 1.29 is 33.2 Å². The Hall–Kier alpha value is -3.62. The smallest absolute Gasteiger partial charge is 0.176 e. The number of halogens is 2. The van der Waals surface area contributed by atoms with Crippen LogP contribution >= 0.6 is 9.24 Å². The lowest BCUT2D eigenvalue weighted by Crippen LogP contribution is -2.01. The fourth-order valence-corrected chi connectivity index (χ4v) is 3.03. The van der Waals surface area contributed by atoms with Crippen molar-refractivity contribution in [2.45, 2.75) is 13.8 Å². The third-order valence-corrected chi connectivity index (χ3v) is 4.66. The van der Waals surface area contributed by atoms with Gasteiger partial charge in [-0.25, -0.2) is 19.6 Å². The van der Waals surface area contributed by atoms with E-state index in [2.05, 4.69) is 29.1 Å². The van der Waals surface area contributed by atoms with Gasteiger partial charge in [-0.1, -0.05) is 20.5 Å². The van der Waals surface area contributed by atoms with Gasteiger partial charge in [0.15, 0.2) is 23.1 Å². The van der Waals surface area contributed by atoms with Crippen LogP contribution in [0, 0.1) is 5.92 Å². The molecule has 0 aliphatic heterocycles. The zero-order valence-electron chi connectivity index (χ0n) is 22.1. The average molecular weight is 550 g/mol. The van der Waals surface area contributed by atoms with E-state index in [0.29, 0.717) is 35.9 Å². The number of nitrogens with zero attached hydrogens (tertiary/aromatic N) is 2. The number of hydrogen-bond donors (Lipinski definition) is 2. The van der Waals surface area contributed by atoms with Crippen LogP contribution in [0.3, 0.4) is 0 Å². The van der Waals surface area contributed by atoms with Crippen LogP contribution in [0.1, 0.15) is 13.8 Å². The van der Waals surface area contributed by atoms with Crippen LogP contribution in [-0.4, -0.2) is 60.7 Å². The van der Waals surface area contributed by atoms with Gasteiger partial charge < -0.3 is 24.1 Å². The standard InChI is InChI=1S/C21H18FN3O4.C4H8O.CH3F.CH5P/c1-27-19-5-2-13(12-20(19)28-9-7-22)17-6-8-23-21(25-17)18-11-14-10-15(29-26)3-4-16(14)24-18;1-4(2)3-5;2*1-2/h2-6,8,10-12,24,26H,7,9H2,1H3;3-4H,1-2H3;1H3;2H2,1H3. The summed E-state index contributed by atoms with van der Waals surface area (Å²) in [6.45, 7) is 4.98. The number of aromatic amines is 1. The molecule has 38 heavy (non-hydrogen) atoms. The van der Waals surface area contributed by atoms with Gasteiger partial charge in [0, 0.05) is 28.6 Å². The summed E-state index contributed by atoms with van der Waals surface area (Å²) in [4.78, 5) is 26.0. The molecule has 2 N–H and O–H groups in total. The maximum absolute atomic E-state index is 12.5. The second-order valence-corrected chi connectivity index (χ2v) is 7.57. The molecule has 4 rings (SSSR count). The number of ether oxygens (including phenoxy) is 2. The zero-order valence-corrected chi connectivity index (χ0v) is 23.2. The van der Waals surface area contributed by atoms with E-state index in [9.17, 15) is 13.6 Å². The maximum Gasteiger partial charge on any atom is 0.176 e. The summed E-state index contributed by atoms with van der Waals surface area (Å²) < 4.78 is 32.7. The second-order valence-electron chi connectivity index (χ2n) is 7.57. The lowest BCUT2D eigenvalue weighted by molar-refractivity contribution is -0.137. The molecular formula is C27H34F2N3O5P. The van der Waals surface area contributed by atoms with Gasteiger partial charge >= 0.3 is 0 Å². The molecule has 206 valence electrons. The molecule has 2 aromatic carbocycles. The highest BCUT2D eigenvalue weighted by Crippen LogP contribution is 2.33. The van der Waals surface area contributed by atoms with Crippen molar-refractivity contribution in [1.82, 2.24) is 15.0 Å². The zero-order chi connectivity index (χ0) is 28.5. The number of fused-ring (bicyclic) bond motifs is 1. The number of nitrogens with one attached hydrogen (secondary N) is 1.